The standard InChI is InChI=1S/C21H19ClN4O2S/c1-13-18(29-20(22)24-13)17(28-19(27)21(2,3)4)15(12-23)16-10-11-26(25-16)14-8-6-5-7-9-14/h5-11H,1-4H3. The van der Waals surface area contributed by atoms with Crippen LogP contribution in [0.4, 0.5) is 0 Å². The topological polar surface area (TPSA) is 80.8 Å². The van der Waals surface area contributed by atoms with Gasteiger partial charge >= 0.3 is 5.97 Å². The van der Waals surface area contributed by atoms with Crippen LogP contribution in [0.3, 0.4) is 0 Å². The molecule has 1 aromatic carbocycles. The summed E-state index contributed by atoms with van der Waals surface area (Å²) in [6, 6.07) is 13.4. The van der Waals surface area contributed by atoms with Crippen LogP contribution >= 0.6 is 22.9 Å². The highest BCUT2D eigenvalue weighted by Gasteiger charge is 2.29. The molecule has 0 unspecified atom stereocenters. The lowest BCUT2D eigenvalue weighted by Crippen LogP contribution is -2.22. The average Bonchev–Trinajstić information content (AvgIpc) is 3.28. The van der Waals surface area contributed by atoms with Crippen LogP contribution in [0.5, 0.6) is 0 Å². The lowest BCUT2D eigenvalue weighted by Gasteiger charge is -2.18. The number of ether oxygens (including phenoxy) is 1. The van der Waals surface area contributed by atoms with Gasteiger partial charge in [0.15, 0.2) is 10.2 Å². The number of allylic oxidation sites excluding steroid dienone is 1. The lowest BCUT2D eigenvalue weighted by atomic mass is 9.97. The Labute approximate surface area is 178 Å². The molecule has 0 radical (unpaired) electrons. The minimum Gasteiger partial charge on any atom is -0.423 e. The van der Waals surface area contributed by atoms with Crippen molar-refractivity contribution >= 4 is 40.2 Å². The number of hydrogen-bond acceptors (Lipinski definition) is 6. The van der Waals surface area contributed by atoms with Crippen LogP contribution in [-0.2, 0) is 9.53 Å². The van der Waals surface area contributed by atoms with Gasteiger partial charge in [-0.15, -0.1) is 0 Å². The minimum atomic E-state index is -0.752. The molecule has 0 saturated carbocycles. The number of nitriles is 1. The van der Waals surface area contributed by atoms with Crippen LogP contribution in [0, 0.1) is 23.7 Å². The molecule has 0 amide bonds. The molecule has 0 aliphatic heterocycles. The molecule has 0 N–H and O–H groups in total. The number of nitrogens with zero attached hydrogens (tertiary/aromatic N) is 4. The first-order valence-corrected chi connectivity index (χ1v) is 10.0. The zero-order valence-electron chi connectivity index (χ0n) is 16.4. The summed E-state index contributed by atoms with van der Waals surface area (Å²) in [5.74, 6) is -0.348. The molecule has 0 bridgehead atoms. The Balaban J connectivity index is 2.15. The van der Waals surface area contributed by atoms with Crippen LogP contribution < -0.4 is 0 Å². The van der Waals surface area contributed by atoms with Crippen molar-refractivity contribution in [3.05, 3.63) is 63.3 Å². The highest BCUT2D eigenvalue weighted by Crippen LogP contribution is 2.36. The number of carbonyl (C=O) groups is 1. The van der Waals surface area contributed by atoms with E-state index >= 15 is 0 Å². The van der Waals surface area contributed by atoms with Crippen molar-refractivity contribution in [1.82, 2.24) is 14.8 Å². The number of para-hydroxylation sites is 1. The molecule has 3 rings (SSSR count). The van der Waals surface area contributed by atoms with Gasteiger partial charge in [-0.05, 0) is 45.9 Å². The predicted octanol–water partition coefficient (Wildman–Crippen LogP) is 5.27. The third-order valence-electron chi connectivity index (χ3n) is 3.99. The number of hydrogen-bond donors (Lipinski definition) is 0. The summed E-state index contributed by atoms with van der Waals surface area (Å²) in [7, 11) is 0. The number of aromatic nitrogens is 3. The van der Waals surface area contributed by atoms with E-state index in [2.05, 4.69) is 16.2 Å². The molecule has 8 heteroatoms. The van der Waals surface area contributed by atoms with Gasteiger partial charge < -0.3 is 4.74 Å². The number of benzene rings is 1. The van der Waals surface area contributed by atoms with E-state index in [-0.39, 0.29) is 11.3 Å². The van der Waals surface area contributed by atoms with E-state index in [0.717, 1.165) is 17.0 Å². The van der Waals surface area contributed by atoms with Crippen LogP contribution in [0.2, 0.25) is 4.47 Å². The van der Waals surface area contributed by atoms with E-state index in [1.807, 2.05) is 30.3 Å². The van der Waals surface area contributed by atoms with Crippen molar-refractivity contribution in [2.45, 2.75) is 27.7 Å². The first-order chi connectivity index (χ1) is 13.7. The van der Waals surface area contributed by atoms with Gasteiger partial charge in [-0.25, -0.2) is 9.67 Å². The van der Waals surface area contributed by atoms with Crippen molar-refractivity contribution in [2.75, 3.05) is 0 Å². The molecule has 0 atom stereocenters. The van der Waals surface area contributed by atoms with E-state index in [0.29, 0.717) is 20.7 Å². The highest BCUT2D eigenvalue weighted by atomic mass is 35.5. The van der Waals surface area contributed by atoms with Crippen LogP contribution in [0.15, 0.2) is 42.6 Å². The largest absolute Gasteiger partial charge is 0.423 e. The summed E-state index contributed by atoms with van der Waals surface area (Å²) in [4.78, 5) is 17.3. The van der Waals surface area contributed by atoms with Crippen LogP contribution in [-0.4, -0.2) is 20.7 Å². The van der Waals surface area contributed by atoms with Gasteiger partial charge in [0.2, 0.25) is 0 Å². The van der Waals surface area contributed by atoms with Crippen molar-refractivity contribution in [1.29, 1.82) is 5.26 Å². The van der Waals surface area contributed by atoms with Gasteiger partial charge in [0.1, 0.15) is 17.3 Å². The van der Waals surface area contributed by atoms with Crippen molar-refractivity contribution in [3.8, 4) is 11.8 Å². The van der Waals surface area contributed by atoms with Gasteiger partial charge in [-0.2, -0.15) is 10.4 Å². The summed E-state index contributed by atoms with van der Waals surface area (Å²) in [6.45, 7) is 6.99. The maximum atomic E-state index is 12.6. The average molecular weight is 427 g/mol. The summed E-state index contributed by atoms with van der Waals surface area (Å²) in [6.07, 6.45) is 1.75. The molecule has 0 aliphatic rings. The summed E-state index contributed by atoms with van der Waals surface area (Å²) in [5, 5.41) is 14.4. The fraction of sp³-hybridized carbons (Fsp3) is 0.238. The molecule has 6 nitrogen and oxygen atoms in total. The first kappa shape index (κ1) is 20.8. The molecular formula is C21H19ClN4O2S. The number of halogens is 1. The second-order valence-electron chi connectivity index (χ2n) is 7.32. The minimum absolute atomic E-state index is 0.118. The van der Waals surface area contributed by atoms with Crippen molar-refractivity contribution < 1.29 is 9.53 Å². The van der Waals surface area contributed by atoms with Gasteiger partial charge in [-0.1, -0.05) is 41.1 Å². The quantitative estimate of drug-likeness (QED) is 0.322. The number of rotatable bonds is 4. The number of carbonyl (C=O) groups excluding carboxylic acids is 1. The monoisotopic (exact) mass is 426 g/mol. The Kier molecular flexibility index (Phi) is 5.87. The molecule has 0 fully saturated rings. The van der Waals surface area contributed by atoms with Crippen molar-refractivity contribution in [3.63, 3.8) is 0 Å². The number of aryl methyl sites for hydroxylation is 1. The molecule has 0 spiro atoms. The van der Waals surface area contributed by atoms with Crippen LogP contribution in [0.25, 0.3) is 17.0 Å². The smallest absolute Gasteiger partial charge is 0.316 e. The number of thiazole rings is 1. The number of esters is 1. The highest BCUT2D eigenvalue weighted by molar-refractivity contribution is 7.16. The van der Waals surface area contributed by atoms with Gasteiger partial charge in [0.05, 0.1) is 21.7 Å². The zero-order chi connectivity index (χ0) is 21.2. The van der Waals surface area contributed by atoms with E-state index in [1.165, 1.54) is 0 Å². The van der Waals surface area contributed by atoms with Crippen molar-refractivity contribution in [2.24, 2.45) is 5.41 Å². The lowest BCUT2D eigenvalue weighted by molar-refractivity contribution is -0.145. The summed E-state index contributed by atoms with van der Waals surface area (Å²) in [5.41, 5.74) is 1.20. The molecule has 0 aliphatic carbocycles. The molecule has 2 aromatic heterocycles. The van der Waals surface area contributed by atoms with Gasteiger partial charge in [0.25, 0.3) is 0 Å². The fourth-order valence-corrected chi connectivity index (χ4v) is 3.58. The molecule has 29 heavy (non-hydrogen) atoms. The summed E-state index contributed by atoms with van der Waals surface area (Å²) < 4.78 is 7.65. The Morgan fingerprint density at radius 1 is 1.24 bits per heavy atom. The Hall–Kier alpha value is -2.95. The fourth-order valence-electron chi connectivity index (χ4n) is 2.44. The Bertz CT molecular complexity index is 1120. The molecule has 2 heterocycles. The third kappa shape index (κ3) is 4.56. The van der Waals surface area contributed by atoms with E-state index < -0.39 is 11.4 Å². The normalized spacial score (nSPS) is 12.3. The molecule has 148 valence electrons. The second-order valence-corrected chi connectivity index (χ2v) is 8.90. The SMILES string of the molecule is Cc1nc(Cl)sc1C(OC(=O)C(C)(C)C)=C(C#N)c1ccn(-c2ccccc2)n1. The van der Waals surface area contributed by atoms with Gasteiger partial charge in [0, 0.05) is 6.20 Å². The first-order valence-electron chi connectivity index (χ1n) is 8.82. The van der Waals surface area contributed by atoms with E-state index in [9.17, 15) is 10.1 Å². The Morgan fingerprint density at radius 2 is 1.93 bits per heavy atom. The second kappa shape index (κ2) is 8.19. The maximum absolute atomic E-state index is 12.6. The molecule has 0 saturated heterocycles. The molecular weight excluding hydrogens is 408 g/mol. The Morgan fingerprint density at radius 3 is 2.48 bits per heavy atom. The van der Waals surface area contributed by atoms with E-state index in [4.69, 9.17) is 16.3 Å². The summed E-state index contributed by atoms with van der Waals surface area (Å²) >= 11 is 7.21. The molecule has 3 aromatic rings. The van der Waals surface area contributed by atoms with Gasteiger partial charge in [-0.3, -0.25) is 4.79 Å². The zero-order valence-corrected chi connectivity index (χ0v) is 18.0. The third-order valence-corrected chi connectivity index (χ3v) is 5.25. The van der Waals surface area contributed by atoms with E-state index in [1.54, 1.807) is 44.6 Å². The van der Waals surface area contributed by atoms with Crippen LogP contribution in [0.1, 0.15) is 37.0 Å². The maximum Gasteiger partial charge on any atom is 0.316 e. The predicted molar refractivity (Wildman–Crippen MR) is 113 cm³/mol.